The molecule has 0 radical (unpaired) electrons. The van der Waals surface area contributed by atoms with Crippen LogP contribution in [-0.2, 0) is 11.3 Å². The number of hydrogen-bond donors (Lipinski definition) is 0. The minimum absolute atomic E-state index is 0.109. The predicted octanol–water partition coefficient (Wildman–Crippen LogP) is 1.79. The first-order chi connectivity index (χ1) is 14.5. The van der Waals surface area contributed by atoms with E-state index in [2.05, 4.69) is 15.0 Å². The molecule has 2 aromatic rings. The van der Waals surface area contributed by atoms with Gasteiger partial charge in [0.05, 0.1) is 18.3 Å². The Morgan fingerprint density at radius 3 is 2.67 bits per heavy atom. The van der Waals surface area contributed by atoms with Gasteiger partial charge >= 0.3 is 0 Å². The summed E-state index contributed by atoms with van der Waals surface area (Å²) >= 11 is 0. The van der Waals surface area contributed by atoms with Gasteiger partial charge in [-0.1, -0.05) is 17.3 Å². The lowest BCUT2D eigenvalue weighted by Gasteiger charge is -2.38. The molecular weight excluding hydrogens is 384 g/mol. The Bertz CT molecular complexity index is 862. The topological polar surface area (TPSA) is 71.3 Å². The highest BCUT2D eigenvalue weighted by molar-refractivity contribution is 5.81. The fourth-order valence-electron chi connectivity index (χ4n) is 4.05. The largest absolute Gasteiger partial charge is 0.486 e. The van der Waals surface area contributed by atoms with Crippen LogP contribution in [0.3, 0.4) is 0 Å². The van der Waals surface area contributed by atoms with E-state index < -0.39 is 0 Å². The highest BCUT2D eigenvalue weighted by Crippen LogP contribution is 2.31. The number of nitrogens with zero attached hydrogens (tertiary/aromatic N) is 4. The summed E-state index contributed by atoms with van der Waals surface area (Å²) in [5, 5.41) is 4.07. The SMILES string of the molecule is Cc1cc(CN2CCN(C(C)C(=O)N(C)CC3COc4ccccc4O3)CC2)no1. The van der Waals surface area contributed by atoms with Crippen LogP contribution in [0, 0.1) is 6.92 Å². The highest BCUT2D eigenvalue weighted by atomic mass is 16.6. The number of fused-ring (bicyclic) bond motifs is 1. The Morgan fingerprint density at radius 1 is 1.23 bits per heavy atom. The molecule has 1 fully saturated rings. The van der Waals surface area contributed by atoms with Crippen LogP contribution in [0.1, 0.15) is 18.4 Å². The fourth-order valence-corrected chi connectivity index (χ4v) is 4.05. The lowest BCUT2D eigenvalue weighted by atomic mass is 10.2. The molecule has 3 heterocycles. The molecule has 1 amide bonds. The zero-order chi connectivity index (χ0) is 21.1. The number of piperazine rings is 1. The van der Waals surface area contributed by atoms with Gasteiger partial charge in [-0.2, -0.15) is 0 Å². The standard InChI is InChI=1S/C22H30N4O4/c1-16-12-18(23-30-16)13-25-8-10-26(11-9-25)17(2)22(27)24(3)14-19-15-28-20-6-4-5-7-21(20)29-19/h4-7,12,17,19H,8-11,13-15H2,1-3H3. The molecule has 30 heavy (non-hydrogen) atoms. The molecule has 2 atom stereocenters. The normalized spacial score (nSPS) is 20.7. The molecule has 1 aromatic heterocycles. The van der Waals surface area contributed by atoms with E-state index in [1.807, 2.05) is 51.2 Å². The van der Waals surface area contributed by atoms with E-state index in [4.69, 9.17) is 14.0 Å². The second kappa shape index (κ2) is 9.06. The number of rotatable bonds is 6. The summed E-state index contributed by atoms with van der Waals surface area (Å²) < 4.78 is 16.9. The molecule has 2 unspecified atom stereocenters. The number of hydrogen-bond acceptors (Lipinski definition) is 7. The average molecular weight is 415 g/mol. The Hall–Kier alpha value is -2.58. The van der Waals surface area contributed by atoms with Crippen molar-refractivity contribution in [2.24, 2.45) is 0 Å². The molecule has 0 spiro atoms. The quantitative estimate of drug-likeness (QED) is 0.714. The number of likely N-dealkylation sites (N-methyl/N-ethyl adjacent to an activating group) is 1. The number of aromatic nitrogens is 1. The summed E-state index contributed by atoms with van der Waals surface area (Å²) in [5.74, 6) is 2.44. The number of carbonyl (C=O) groups is 1. The van der Waals surface area contributed by atoms with Crippen LogP contribution < -0.4 is 9.47 Å². The number of para-hydroxylation sites is 2. The number of ether oxygens (including phenoxy) is 2. The monoisotopic (exact) mass is 414 g/mol. The van der Waals surface area contributed by atoms with Crippen LogP contribution in [0.15, 0.2) is 34.9 Å². The number of carbonyl (C=O) groups excluding carboxylic acids is 1. The van der Waals surface area contributed by atoms with Crippen LogP contribution in [0.2, 0.25) is 0 Å². The minimum Gasteiger partial charge on any atom is -0.486 e. The zero-order valence-corrected chi connectivity index (χ0v) is 17.9. The number of aryl methyl sites for hydroxylation is 1. The van der Waals surface area contributed by atoms with E-state index in [9.17, 15) is 4.79 Å². The smallest absolute Gasteiger partial charge is 0.239 e. The first kappa shape index (κ1) is 20.7. The third kappa shape index (κ3) is 4.76. The first-order valence-corrected chi connectivity index (χ1v) is 10.5. The summed E-state index contributed by atoms with van der Waals surface area (Å²) in [6.07, 6.45) is -0.163. The van der Waals surface area contributed by atoms with Gasteiger partial charge in [-0.3, -0.25) is 14.6 Å². The summed E-state index contributed by atoms with van der Waals surface area (Å²) in [6, 6.07) is 9.45. The fraction of sp³-hybridized carbons (Fsp3) is 0.545. The van der Waals surface area contributed by atoms with Crippen molar-refractivity contribution in [3.63, 3.8) is 0 Å². The summed E-state index contributed by atoms with van der Waals surface area (Å²) in [7, 11) is 1.84. The molecule has 0 bridgehead atoms. The van der Waals surface area contributed by atoms with Crippen LogP contribution in [-0.4, -0.2) is 84.3 Å². The van der Waals surface area contributed by atoms with E-state index in [1.165, 1.54) is 0 Å². The van der Waals surface area contributed by atoms with Crippen molar-refractivity contribution >= 4 is 5.91 Å². The van der Waals surface area contributed by atoms with Crippen molar-refractivity contribution in [1.29, 1.82) is 0 Å². The Kier molecular flexibility index (Phi) is 6.24. The Balaban J connectivity index is 1.24. The van der Waals surface area contributed by atoms with Gasteiger partial charge in [0, 0.05) is 45.8 Å². The van der Waals surface area contributed by atoms with Crippen LogP contribution >= 0.6 is 0 Å². The molecule has 2 aliphatic rings. The average Bonchev–Trinajstić information content (AvgIpc) is 3.17. The van der Waals surface area contributed by atoms with Gasteiger partial charge in [-0.25, -0.2) is 0 Å². The zero-order valence-electron chi connectivity index (χ0n) is 17.9. The van der Waals surface area contributed by atoms with Gasteiger partial charge in [0.1, 0.15) is 12.4 Å². The van der Waals surface area contributed by atoms with Crippen molar-refractivity contribution < 1.29 is 18.8 Å². The second-order valence-electron chi connectivity index (χ2n) is 8.13. The molecule has 1 saturated heterocycles. The Morgan fingerprint density at radius 2 is 1.97 bits per heavy atom. The Labute approximate surface area is 177 Å². The van der Waals surface area contributed by atoms with Crippen LogP contribution in [0.25, 0.3) is 0 Å². The van der Waals surface area contributed by atoms with Crippen molar-refractivity contribution in [2.45, 2.75) is 32.5 Å². The number of amides is 1. The minimum atomic E-state index is -0.164. The van der Waals surface area contributed by atoms with E-state index in [0.717, 1.165) is 55.7 Å². The molecule has 2 aliphatic heterocycles. The van der Waals surface area contributed by atoms with Gasteiger partial charge in [0.15, 0.2) is 17.6 Å². The van der Waals surface area contributed by atoms with Crippen molar-refractivity contribution in [3.05, 3.63) is 41.8 Å². The third-order valence-corrected chi connectivity index (χ3v) is 5.80. The molecule has 8 nitrogen and oxygen atoms in total. The van der Waals surface area contributed by atoms with Crippen LogP contribution in [0.4, 0.5) is 0 Å². The lowest BCUT2D eigenvalue weighted by molar-refractivity contribution is -0.137. The van der Waals surface area contributed by atoms with Crippen molar-refractivity contribution in [3.8, 4) is 11.5 Å². The van der Waals surface area contributed by atoms with Gasteiger partial charge in [-0.05, 0) is 26.0 Å². The molecule has 0 saturated carbocycles. The van der Waals surface area contributed by atoms with Crippen molar-refractivity contribution in [1.82, 2.24) is 19.9 Å². The molecule has 4 rings (SSSR count). The second-order valence-corrected chi connectivity index (χ2v) is 8.13. The number of benzene rings is 1. The molecule has 1 aromatic carbocycles. The van der Waals surface area contributed by atoms with Crippen LogP contribution in [0.5, 0.6) is 11.5 Å². The van der Waals surface area contributed by atoms with Gasteiger partial charge in [0.25, 0.3) is 0 Å². The molecule has 0 N–H and O–H groups in total. The van der Waals surface area contributed by atoms with Crippen molar-refractivity contribution in [2.75, 3.05) is 46.4 Å². The summed E-state index contributed by atoms with van der Waals surface area (Å²) in [5.41, 5.74) is 0.959. The summed E-state index contributed by atoms with van der Waals surface area (Å²) in [6.45, 7) is 9.15. The molecule has 0 aliphatic carbocycles. The van der Waals surface area contributed by atoms with Gasteiger partial charge in [-0.15, -0.1) is 0 Å². The maximum Gasteiger partial charge on any atom is 0.239 e. The lowest BCUT2D eigenvalue weighted by Crippen LogP contribution is -2.55. The summed E-state index contributed by atoms with van der Waals surface area (Å²) in [4.78, 5) is 19.3. The highest BCUT2D eigenvalue weighted by Gasteiger charge is 2.30. The van der Waals surface area contributed by atoms with E-state index in [-0.39, 0.29) is 18.1 Å². The van der Waals surface area contributed by atoms with Gasteiger partial charge < -0.3 is 18.9 Å². The predicted molar refractivity (Wildman–Crippen MR) is 112 cm³/mol. The van der Waals surface area contributed by atoms with E-state index >= 15 is 0 Å². The molecule has 8 heteroatoms. The van der Waals surface area contributed by atoms with E-state index in [1.54, 1.807) is 4.90 Å². The third-order valence-electron chi connectivity index (χ3n) is 5.80. The molecular formula is C22H30N4O4. The first-order valence-electron chi connectivity index (χ1n) is 10.5. The van der Waals surface area contributed by atoms with E-state index in [0.29, 0.717) is 13.2 Å². The van der Waals surface area contributed by atoms with Gasteiger partial charge in [0.2, 0.25) is 5.91 Å². The maximum absolute atomic E-state index is 13.0. The maximum atomic E-state index is 13.0. The molecule has 162 valence electrons.